The van der Waals surface area contributed by atoms with Crippen LogP contribution in [0.5, 0.6) is 0 Å². The number of nitrogens with zero attached hydrogens (tertiary/aromatic N) is 1. The third kappa shape index (κ3) is 3.83. The van der Waals surface area contributed by atoms with Crippen molar-refractivity contribution < 1.29 is 9.53 Å². The number of aliphatic imine (C=N–C) groups is 1. The number of ether oxygens (including phenoxy) is 1. The van der Waals surface area contributed by atoms with E-state index in [9.17, 15) is 4.79 Å². The van der Waals surface area contributed by atoms with Crippen LogP contribution in [0.3, 0.4) is 0 Å². The molecule has 3 heteroatoms. The van der Waals surface area contributed by atoms with E-state index in [1.54, 1.807) is 6.92 Å². The van der Waals surface area contributed by atoms with Crippen LogP contribution in [-0.4, -0.2) is 25.8 Å². The van der Waals surface area contributed by atoms with Crippen LogP contribution >= 0.6 is 0 Å². The van der Waals surface area contributed by atoms with E-state index in [2.05, 4.69) is 23.0 Å². The van der Waals surface area contributed by atoms with Gasteiger partial charge in [0.05, 0.1) is 6.54 Å². The summed E-state index contributed by atoms with van der Waals surface area (Å²) < 4.78 is 4.67. The van der Waals surface area contributed by atoms with Crippen molar-refractivity contribution >= 4 is 12.7 Å². The SMILES string of the molecule is C=NCCOC(=O)C(=C)C. The smallest absolute Gasteiger partial charge is 0.333 e. The van der Waals surface area contributed by atoms with Gasteiger partial charge in [0, 0.05) is 5.57 Å². The van der Waals surface area contributed by atoms with Crippen molar-refractivity contribution in [1.29, 1.82) is 0 Å². The molecule has 56 valence electrons. The molecule has 0 spiro atoms. The van der Waals surface area contributed by atoms with Crippen LogP contribution in [0.2, 0.25) is 0 Å². The molecule has 0 atom stereocenters. The van der Waals surface area contributed by atoms with Crippen molar-refractivity contribution in [3.63, 3.8) is 0 Å². The molecule has 0 fully saturated rings. The van der Waals surface area contributed by atoms with Gasteiger partial charge in [-0.15, -0.1) is 0 Å². The van der Waals surface area contributed by atoms with E-state index < -0.39 is 0 Å². The van der Waals surface area contributed by atoms with Gasteiger partial charge >= 0.3 is 5.97 Å². The quantitative estimate of drug-likeness (QED) is 0.251. The number of hydrogen-bond donors (Lipinski definition) is 0. The fourth-order valence-corrected chi connectivity index (χ4v) is 0.326. The highest BCUT2D eigenvalue weighted by atomic mass is 16.5. The molecule has 0 saturated heterocycles. The van der Waals surface area contributed by atoms with Crippen LogP contribution in [0.4, 0.5) is 0 Å². The van der Waals surface area contributed by atoms with E-state index in [1.165, 1.54) is 0 Å². The molecular weight excluding hydrogens is 130 g/mol. The molecule has 0 aliphatic heterocycles. The Hall–Kier alpha value is -1.12. The first-order chi connectivity index (χ1) is 4.68. The average molecular weight is 141 g/mol. The van der Waals surface area contributed by atoms with Crippen molar-refractivity contribution in [2.75, 3.05) is 13.2 Å². The first kappa shape index (κ1) is 8.88. The Balaban J connectivity index is 3.40. The molecular formula is C7H11NO2. The molecule has 0 heterocycles. The predicted molar refractivity (Wildman–Crippen MR) is 40.2 cm³/mol. The Kier molecular flexibility index (Phi) is 4.20. The zero-order valence-electron chi connectivity index (χ0n) is 6.09. The summed E-state index contributed by atoms with van der Waals surface area (Å²) in [5.41, 5.74) is 0.407. The van der Waals surface area contributed by atoms with Gasteiger partial charge in [-0.05, 0) is 13.6 Å². The molecule has 3 nitrogen and oxygen atoms in total. The van der Waals surface area contributed by atoms with Crippen LogP contribution in [0.1, 0.15) is 6.92 Å². The summed E-state index contributed by atoms with van der Waals surface area (Å²) in [7, 11) is 0. The summed E-state index contributed by atoms with van der Waals surface area (Å²) in [4.78, 5) is 14.1. The molecule has 0 aromatic carbocycles. The Morgan fingerprint density at radius 1 is 1.70 bits per heavy atom. The fraction of sp³-hybridized carbons (Fsp3) is 0.429. The van der Waals surface area contributed by atoms with E-state index in [0.717, 1.165) is 0 Å². The van der Waals surface area contributed by atoms with Crippen LogP contribution < -0.4 is 0 Å². The predicted octanol–water partition coefficient (Wildman–Crippen LogP) is 0.806. The first-order valence-electron chi connectivity index (χ1n) is 2.93. The van der Waals surface area contributed by atoms with E-state index in [4.69, 9.17) is 0 Å². The van der Waals surface area contributed by atoms with Crippen molar-refractivity contribution in [1.82, 2.24) is 0 Å². The topological polar surface area (TPSA) is 38.7 Å². The second-order valence-electron chi connectivity index (χ2n) is 1.86. The molecule has 0 saturated carbocycles. The highest BCUT2D eigenvalue weighted by Gasteiger charge is 2.00. The number of hydrogen-bond acceptors (Lipinski definition) is 3. The Bertz CT molecular complexity index is 152. The number of esters is 1. The molecule has 0 unspecified atom stereocenters. The monoisotopic (exact) mass is 141 g/mol. The lowest BCUT2D eigenvalue weighted by molar-refractivity contribution is -0.138. The lowest BCUT2D eigenvalue weighted by Crippen LogP contribution is -2.07. The Labute approximate surface area is 60.4 Å². The number of carbonyl (C=O) groups excluding carboxylic acids is 1. The minimum atomic E-state index is -0.372. The van der Waals surface area contributed by atoms with Crippen LogP contribution in [-0.2, 0) is 9.53 Å². The minimum absolute atomic E-state index is 0.287. The Morgan fingerprint density at radius 3 is 2.70 bits per heavy atom. The maximum atomic E-state index is 10.6. The third-order valence-corrected chi connectivity index (χ3v) is 0.831. The zero-order chi connectivity index (χ0) is 7.98. The van der Waals surface area contributed by atoms with Gasteiger partial charge in [0.15, 0.2) is 0 Å². The summed E-state index contributed by atoms with van der Waals surface area (Å²) in [6.45, 7) is 8.98. The maximum absolute atomic E-state index is 10.6. The highest BCUT2D eigenvalue weighted by Crippen LogP contribution is 1.90. The molecule has 0 N–H and O–H groups in total. The second kappa shape index (κ2) is 4.73. The van der Waals surface area contributed by atoms with Crippen LogP contribution in [0.25, 0.3) is 0 Å². The van der Waals surface area contributed by atoms with Gasteiger partial charge in [0.2, 0.25) is 0 Å². The number of carbonyl (C=O) groups is 1. The molecule has 0 radical (unpaired) electrons. The molecule has 0 aromatic rings. The number of rotatable bonds is 4. The van der Waals surface area contributed by atoms with Crippen LogP contribution in [0.15, 0.2) is 17.1 Å². The summed E-state index contributed by atoms with van der Waals surface area (Å²) in [6.07, 6.45) is 0. The van der Waals surface area contributed by atoms with Gasteiger partial charge in [-0.25, -0.2) is 4.79 Å². The standard InChI is InChI=1S/C7H11NO2/c1-6(2)7(9)10-5-4-8-3/h1,3-5H2,2H3. The molecule has 0 aliphatic carbocycles. The van der Waals surface area contributed by atoms with Crippen molar-refractivity contribution in [3.8, 4) is 0 Å². The Morgan fingerprint density at radius 2 is 2.30 bits per heavy atom. The molecule has 0 bridgehead atoms. The molecule has 0 aromatic heterocycles. The van der Waals surface area contributed by atoms with E-state index >= 15 is 0 Å². The largest absolute Gasteiger partial charge is 0.460 e. The normalized spacial score (nSPS) is 8.50. The van der Waals surface area contributed by atoms with Crippen LogP contribution in [0, 0.1) is 0 Å². The molecule has 0 amide bonds. The lowest BCUT2D eigenvalue weighted by atomic mass is 10.4. The highest BCUT2D eigenvalue weighted by molar-refractivity contribution is 5.86. The van der Waals surface area contributed by atoms with Gasteiger partial charge in [0.25, 0.3) is 0 Å². The third-order valence-electron chi connectivity index (χ3n) is 0.831. The molecule has 0 rings (SSSR count). The van der Waals surface area contributed by atoms with Gasteiger partial charge < -0.3 is 4.74 Å². The summed E-state index contributed by atoms with van der Waals surface area (Å²) in [5, 5.41) is 0. The molecule has 10 heavy (non-hydrogen) atoms. The zero-order valence-corrected chi connectivity index (χ0v) is 6.09. The summed E-state index contributed by atoms with van der Waals surface area (Å²) in [6, 6.07) is 0. The maximum Gasteiger partial charge on any atom is 0.333 e. The summed E-state index contributed by atoms with van der Waals surface area (Å²) in [5.74, 6) is -0.372. The second-order valence-corrected chi connectivity index (χ2v) is 1.86. The van der Waals surface area contributed by atoms with Crippen molar-refractivity contribution in [3.05, 3.63) is 12.2 Å². The minimum Gasteiger partial charge on any atom is -0.460 e. The van der Waals surface area contributed by atoms with Gasteiger partial charge in [-0.3, -0.25) is 4.99 Å². The van der Waals surface area contributed by atoms with Gasteiger partial charge in [-0.2, -0.15) is 0 Å². The van der Waals surface area contributed by atoms with E-state index in [1.807, 2.05) is 0 Å². The fourth-order valence-electron chi connectivity index (χ4n) is 0.326. The van der Waals surface area contributed by atoms with E-state index in [-0.39, 0.29) is 12.6 Å². The van der Waals surface area contributed by atoms with Crippen molar-refractivity contribution in [2.24, 2.45) is 4.99 Å². The van der Waals surface area contributed by atoms with Gasteiger partial charge in [-0.1, -0.05) is 6.58 Å². The van der Waals surface area contributed by atoms with E-state index in [0.29, 0.717) is 12.1 Å². The average Bonchev–Trinajstić information content (AvgIpc) is 1.88. The van der Waals surface area contributed by atoms with Crippen molar-refractivity contribution in [2.45, 2.75) is 6.92 Å². The van der Waals surface area contributed by atoms with Gasteiger partial charge in [0.1, 0.15) is 6.61 Å². The lowest BCUT2D eigenvalue weighted by Gasteiger charge is -1.99. The first-order valence-corrected chi connectivity index (χ1v) is 2.93. The molecule has 0 aliphatic rings. The summed E-state index contributed by atoms with van der Waals surface area (Å²) >= 11 is 0.